The van der Waals surface area contributed by atoms with Crippen LogP contribution in [0.4, 0.5) is 0 Å². The molecule has 0 bridgehead atoms. The molecule has 0 spiro atoms. The fourth-order valence-corrected chi connectivity index (χ4v) is 2.59. The SMILES string of the molecule is COC(c1nc(Cl)c(C)c(-c2ccccc2)n1)C1CC1. The fourth-order valence-electron chi connectivity index (χ4n) is 2.42. The van der Waals surface area contributed by atoms with Gasteiger partial charge in [0.05, 0.1) is 5.69 Å². The maximum absolute atomic E-state index is 6.29. The predicted molar refractivity (Wildman–Crippen MR) is 79.7 cm³/mol. The number of aromatic nitrogens is 2. The number of rotatable bonds is 4. The monoisotopic (exact) mass is 288 g/mol. The normalized spacial score (nSPS) is 16.1. The van der Waals surface area contributed by atoms with Gasteiger partial charge in [0.15, 0.2) is 5.82 Å². The van der Waals surface area contributed by atoms with Gasteiger partial charge in [0.1, 0.15) is 11.3 Å². The second kappa shape index (κ2) is 5.51. The van der Waals surface area contributed by atoms with E-state index in [9.17, 15) is 0 Å². The average molecular weight is 289 g/mol. The molecule has 1 fully saturated rings. The molecule has 3 nitrogen and oxygen atoms in total. The van der Waals surface area contributed by atoms with Crippen molar-refractivity contribution in [2.24, 2.45) is 5.92 Å². The van der Waals surface area contributed by atoms with E-state index in [2.05, 4.69) is 4.98 Å². The van der Waals surface area contributed by atoms with Crippen LogP contribution >= 0.6 is 11.6 Å². The van der Waals surface area contributed by atoms with Gasteiger partial charge in [-0.2, -0.15) is 0 Å². The Kier molecular flexibility index (Phi) is 3.72. The summed E-state index contributed by atoms with van der Waals surface area (Å²) in [5.74, 6) is 1.23. The second-order valence-corrected chi connectivity index (χ2v) is 5.56. The summed E-state index contributed by atoms with van der Waals surface area (Å²) < 4.78 is 5.56. The highest BCUT2D eigenvalue weighted by Crippen LogP contribution is 2.42. The highest BCUT2D eigenvalue weighted by atomic mass is 35.5. The molecule has 0 N–H and O–H groups in total. The van der Waals surface area contributed by atoms with Crippen molar-refractivity contribution in [2.75, 3.05) is 7.11 Å². The van der Waals surface area contributed by atoms with E-state index < -0.39 is 0 Å². The van der Waals surface area contributed by atoms with E-state index in [1.807, 2.05) is 37.3 Å². The first-order chi connectivity index (χ1) is 9.70. The van der Waals surface area contributed by atoms with Crippen molar-refractivity contribution >= 4 is 11.6 Å². The molecular weight excluding hydrogens is 272 g/mol. The molecule has 20 heavy (non-hydrogen) atoms. The quantitative estimate of drug-likeness (QED) is 0.791. The molecule has 1 aromatic carbocycles. The van der Waals surface area contributed by atoms with Crippen molar-refractivity contribution in [3.05, 3.63) is 46.9 Å². The summed E-state index contributed by atoms with van der Waals surface area (Å²) >= 11 is 6.29. The minimum absolute atomic E-state index is 0.0458. The molecule has 1 aromatic heterocycles. The van der Waals surface area contributed by atoms with E-state index in [1.165, 1.54) is 12.8 Å². The number of methoxy groups -OCH3 is 1. The largest absolute Gasteiger partial charge is 0.373 e. The Hall–Kier alpha value is -1.45. The molecule has 1 aliphatic carbocycles. The van der Waals surface area contributed by atoms with Crippen LogP contribution in [0.3, 0.4) is 0 Å². The van der Waals surface area contributed by atoms with Crippen molar-refractivity contribution in [1.82, 2.24) is 9.97 Å². The highest BCUT2D eigenvalue weighted by molar-refractivity contribution is 6.30. The number of benzene rings is 1. The molecule has 1 heterocycles. The number of ether oxygens (including phenoxy) is 1. The van der Waals surface area contributed by atoms with Crippen molar-refractivity contribution in [2.45, 2.75) is 25.9 Å². The minimum atomic E-state index is -0.0458. The second-order valence-electron chi connectivity index (χ2n) is 5.21. The zero-order valence-corrected chi connectivity index (χ0v) is 12.4. The van der Waals surface area contributed by atoms with Gasteiger partial charge < -0.3 is 4.74 Å². The lowest BCUT2D eigenvalue weighted by Crippen LogP contribution is -2.10. The predicted octanol–water partition coefficient (Wildman–Crippen LogP) is 4.20. The molecule has 3 rings (SSSR count). The number of halogens is 1. The summed E-state index contributed by atoms with van der Waals surface area (Å²) in [7, 11) is 1.71. The zero-order chi connectivity index (χ0) is 14.1. The van der Waals surface area contributed by atoms with Crippen LogP contribution in [0.5, 0.6) is 0 Å². The van der Waals surface area contributed by atoms with Crippen LogP contribution in [0.15, 0.2) is 30.3 Å². The Morgan fingerprint density at radius 3 is 2.50 bits per heavy atom. The highest BCUT2D eigenvalue weighted by Gasteiger charge is 2.35. The molecule has 0 saturated heterocycles. The van der Waals surface area contributed by atoms with E-state index >= 15 is 0 Å². The Labute approximate surface area is 124 Å². The first-order valence-electron chi connectivity index (χ1n) is 6.83. The summed E-state index contributed by atoms with van der Waals surface area (Å²) in [5.41, 5.74) is 2.86. The molecule has 1 atom stereocenters. The number of hydrogen-bond acceptors (Lipinski definition) is 3. The van der Waals surface area contributed by atoms with Gasteiger partial charge in [0.2, 0.25) is 0 Å². The van der Waals surface area contributed by atoms with Gasteiger partial charge in [-0.1, -0.05) is 41.9 Å². The van der Waals surface area contributed by atoms with Crippen LogP contribution in [0.25, 0.3) is 11.3 Å². The Bertz CT molecular complexity index is 611. The van der Waals surface area contributed by atoms with Gasteiger partial charge in [-0.25, -0.2) is 9.97 Å². The van der Waals surface area contributed by atoms with Gasteiger partial charge in [-0.15, -0.1) is 0 Å². The van der Waals surface area contributed by atoms with Crippen LogP contribution in [-0.4, -0.2) is 17.1 Å². The number of hydrogen-bond donors (Lipinski definition) is 0. The third kappa shape index (κ3) is 2.56. The van der Waals surface area contributed by atoms with Gasteiger partial charge in [-0.05, 0) is 25.7 Å². The van der Waals surface area contributed by atoms with E-state index in [1.54, 1.807) is 7.11 Å². The lowest BCUT2D eigenvalue weighted by Gasteiger charge is -2.16. The maximum Gasteiger partial charge on any atom is 0.159 e. The first kappa shape index (κ1) is 13.5. The van der Waals surface area contributed by atoms with Crippen molar-refractivity contribution in [3.8, 4) is 11.3 Å². The molecule has 1 aliphatic rings. The van der Waals surface area contributed by atoms with Crippen molar-refractivity contribution < 1.29 is 4.74 Å². The van der Waals surface area contributed by atoms with Crippen LogP contribution in [0.1, 0.15) is 30.3 Å². The van der Waals surface area contributed by atoms with Gasteiger partial charge in [0.25, 0.3) is 0 Å². The Balaban J connectivity index is 2.08. The van der Waals surface area contributed by atoms with Crippen LogP contribution in [0.2, 0.25) is 5.15 Å². The topological polar surface area (TPSA) is 35.0 Å². The van der Waals surface area contributed by atoms with Gasteiger partial charge in [-0.3, -0.25) is 0 Å². The summed E-state index contributed by atoms with van der Waals surface area (Å²) in [5, 5.41) is 0.511. The molecule has 0 radical (unpaired) electrons. The van der Waals surface area contributed by atoms with Crippen molar-refractivity contribution in [1.29, 1.82) is 0 Å². The average Bonchev–Trinajstić information content (AvgIpc) is 3.29. The number of nitrogens with zero attached hydrogens (tertiary/aromatic N) is 2. The van der Waals surface area contributed by atoms with Crippen LogP contribution in [-0.2, 0) is 4.74 Å². The minimum Gasteiger partial charge on any atom is -0.373 e. The summed E-state index contributed by atoms with van der Waals surface area (Å²) in [6.45, 7) is 1.95. The fraction of sp³-hybridized carbons (Fsp3) is 0.375. The smallest absolute Gasteiger partial charge is 0.159 e. The van der Waals surface area contributed by atoms with E-state index in [0.717, 1.165) is 16.8 Å². The third-order valence-electron chi connectivity index (χ3n) is 3.71. The maximum atomic E-state index is 6.29. The van der Waals surface area contributed by atoms with Crippen LogP contribution in [0, 0.1) is 12.8 Å². The first-order valence-corrected chi connectivity index (χ1v) is 7.20. The lowest BCUT2D eigenvalue weighted by atomic mass is 10.1. The molecule has 0 amide bonds. The van der Waals surface area contributed by atoms with Gasteiger partial charge >= 0.3 is 0 Å². The molecule has 1 saturated carbocycles. The third-order valence-corrected chi connectivity index (χ3v) is 4.08. The molecule has 4 heteroatoms. The Morgan fingerprint density at radius 1 is 1.20 bits per heavy atom. The van der Waals surface area contributed by atoms with E-state index in [0.29, 0.717) is 16.9 Å². The molecule has 1 unspecified atom stereocenters. The van der Waals surface area contributed by atoms with Gasteiger partial charge in [0, 0.05) is 18.2 Å². The van der Waals surface area contributed by atoms with E-state index in [-0.39, 0.29) is 6.10 Å². The zero-order valence-electron chi connectivity index (χ0n) is 11.6. The summed E-state index contributed by atoms with van der Waals surface area (Å²) in [4.78, 5) is 9.14. The Morgan fingerprint density at radius 2 is 1.90 bits per heavy atom. The molecule has 2 aromatic rings. The molecule has 0 aliphatic heterocycles. The lowest BCUT2D eigenvalue weighted by molar-refractivity contribution is 0.0773. The summed E-state index contributed by atoms with van der Waals surface area (Å²) in [6, 6.07) is 10.1. The van der Waals surface area contributed by atoms with Crippen molar-refractivity contribution in [3.63, 3.8) is 0 Å². The molecule has 104 valence electrons. The van der Waals surface area contributed by atoms with E-state index in [4.69, 9.17) is 21.3 Å². The molecular formula is C16H17ClN2O. The van der Waals surface area contributed by atoms with Crippen LogP contribution < -0.4 is 0 Å². The summed E-state index contributed by atoms with van der Waals surface area (Å²) in [6.07, 6.45) is 2.30. The standard InChI is InChI=1S/C16H17ClN2O/c1-10-13(11-6-4-3-5-7-11)18-16(19-15(10)17)14(20-2)12-8-9-12/h3-7,12,14H,8-9H2,1-2H3.